The van der Waals surface area contributed by atoms with Crippen molar-refractivity contribution in [2.24, 2.45) is 17.8 Å². The van der Waals surface area contributed by atoms with E-state index >= 15 is 0 Å². The Morgan fingerprint density at radius 3 is 2.68 bits per heavy atom. The van der Waals surface area contributed by atoms with Gasteiger partial charge in [-0.1, -0.05) is 31.2 Å². The monoisotopic (exact) mass is 340 g/mol. The highest BCUT2D eigenvalue weighted by atomic mass is 16.5. The molecule has 4 nitrogen and oxygen atoms in total. The van der Waals surface area contributed by atoms with Gasteiger partial charge in [0.2, 0.25) is 0 Å². The Bertz CT molecular complexity index is 778. The van der Waals surface area contributed by atoms with E-state index in [1.54, 1.807) is 14.2 Å². The molecule has 1 spiro atoms. The van der Waals surface area contributed by atoms with Crippen molar-refractivity contribution in [2.45, 2.75) is 24.9 Å². The van der Waals surface area contributed by atoms with Crippen LogP contribution in [-0.2, 0) is 19.7 Å². The Kier molecular flexibility index (Phi) is 3.76. The number of fused-ring (bicyclic) bond motifs is 5. The van der Waals surface area contributed by atoms with E-state index < -0.39 is 0 Å². The first-order chi connectivity index (χ1) is 12.1. The van der Waals surface area contributed by atoms with Gasteiger partial charge < -0.3 is 14.2 Å². The Labute approximate surface area is 148 Å². The van der Waals surface area contributed by atoms with Gasteiger partial charge in [0.25, 0.3) is 0 Å². The summed E-state index contributed by atoms with van der Waals surface area (Å²) in [7, 11) is 4.89. The molecule has 4 rings (SSSR count). The largest absolute Gasteiger partial charge is 0.497 e. The molecule has 0 unspecified atom stereocenters. The molecule has 25 heavy (non-hydrogen) atoms. The SMILES string of the molecule is COC(=O)C1=C[C@@]2(c3ccc(OC)cc3[C@@H](OC)[C@@H]2C)[C@@H]2C=C[C@@H]1C2. The van der Waals surface area contributed by atoms with Crippen molar-refractivity contribution in [3.05, 3.63) is 53.1 Å². The summed E-state index contributed by atoms with van der Waals surface area (Å²) in [6.45, 7) is 2.22. The minimum atomic E-state index is -0.241. The topological polar surface area (TPSA) is 44.8 Å². The highest BCUT2D eigenvalue weighted by Crippen LogP contribution is 2.61. The first-order valence-electron chi connectivity index (χ1n) is 8.77. The predicted octanol–water partition coefficient (Wildman–Crippen LogP) is 3.58. The second kappa shape index (κ2) is 5.73. The predicted molar refractivity (Wildman–Crippen MR) is 94.4 cm³/mol. The zero-order valence-corrected chi connectivity index (χ0v) is 15.1. The van der Waals surface area contributed by atoms with Gasteiger partial charge in [0.05, 0.1) is 20.3 Å². The van der Waals surface area contributed by atoms with Crippen LogP contribution in [0.5, 0.6) is 5.75 Å². The van der Waals surface area contributed by atoms with Crippen LogP contribution in [0.2, 0.25) is 0 Å². The quantitative estimate of drug-likeness (QED) is 0.623. The number of hydrogen-bond acceptors (Lipinski definition) is 4. The maximum atomic E-state index is 12.4. The minimum absolute atomic E-state index is 0.0224. The Morgan fingerprint density at radius 2 is 2.00 bits per heavy atom. The third-order valence-electron chi connectivity index (χ3n) is 6.41. The van der Waals surface area contributed by atoms with Crippen molar-refractivity contribution in [1.82, 2.24) is 0 Å². The van der Waals surface area contributed by atoms with Gasteiger partial charge in [-0.2, -0.15) is 0 Å². The summed E-state index contributed by atoms with van der Waals surface area (Å²) in [5, 5.41) is 0. The first kappa shape index (κ1) is 16.4. The second-order valence-electron chi connectivity index (χ2n) is 7.26. The number of allylic oxidation sites excluding steroid dienone is 3. The van der Waals surface area contributed by atoms with Gasteiger partial charge >= 0.3 is 5.97 Å². The molecule has 1 aromatic carbocycles. The number of carbonyl (C=O) groups excluding carboxylic acids is 1. The van der Waals surface area contributed by atoms with Crippen LogP contribution in [0.15, 0.2) is 42.0 Å². The number of ether oxygens (including phenoxy) is 3. The normalized spacial score (nSPS) is 34.8. The second-order valence-corrected chi connectivity index (χ2v) is 7.26. The van der Waals surface area contributed by atoms with E-state index in [2.05, 4.69) is 37.3 Å². The minimum Gasteiger partial charge on any atom is -0.497 e. The number of methoxy groups -OCH3 is 3. The number of rotatable bonds is 3. The van der Waals surface area contributed by atoms with Crippen molar-refractivity contribution in [3.8, 4) is 5.75 Å². The van der Waals surface area contributed by atoms with E-state index in [1.165, 1.54) is 12.7 Å². The first-order valence-corrected chi connectivity index (χ1v) is 8.77. The summed E-state index contributed by atoms with van der Waals surface area (Å²) in [4.78, 5) is 12.4. The summed E-state index contributed by atoms with van der Waals surface area (Å²) >= 11 is 0. The number of benzene rings is 1. The molecule has 5 atom stereocenters. The fraction of sp³-hybridized carbons (Fsp3) is 0.476. The van der Waals surface area contributed by atoms with E-state index in [0.717, 1.165) is 23.3 Å². The summed E-state index contributed by atoms with van der Waals surface area (Å²) < 4.78 is 16.4. The molecule has 0 aliphatic heterocycles. The third-order valence-corrected chi connectivity index (χ3v) is 6.41. The number of hydrogen-bond donors (Lipinski definition) is 0. The maximum absolute atomic E-state index is 12.4. The van der Waals surface area contributed by atoms with Gasteiger partial charge in [-0.3, -0.25) is 0 Å². The van der Waals surface area contributed by atoms with Gasteiger partial charge in [-0.05, 0) is 35.6 Å². The average Bonchev–Trinajstić information content (AvgIpc) is 3.16. The van der Waals surface area contributed by atoms with Crippen molar-refractivity contribution in [3.63, 3.8) is 0 Å². The van der Waals surface area contributed by atoms with Crippen LogP contribution in [0.4, 0.5) is 0 Å². The summed E-state index contributed by atoms with van der Waals surface area (Å²) in [5.41, 5.74) is 2.94. The molecule has 0 fully saturated rings. The van der Waals surface area contributed by atoms with Crippen LogP contribution < -0.4 is 4.74 Å². The summed E-state index contributed by atoms with van der Waals surface area (Å²) in [6.07, 6.45) is 7.54. The van der Waals surface area contributed by atoms with Crippen LogP contribution in [0, 0.1) is 17.8 Å². The van der Waals surface area contributed by atoms with Gasteiger partial charge in [0, 0.05) is 29.9 Å². The van der Waals surface area contributed by atoms with E-state index in [9.17, 15) is 4.79 Å². The molecule has 3 aliphatic carbocycles. The average molecular weight is 340 g/mol. The molecule has 0 N–H and O–H groups in total. The number of esters is 1. The smallest absolute Gasteiger partial charge is 0.334 e. The zero-order valence-electron chi connectivity index (χ0n) is 15.1. The summed E-state index contributed by atoms with van der Waals surface area (Å²) in [5.74, 6) is 1.36. The third kappa shape index (κ3) is 2.07. The lowest BCUT2D eigenvalue weighted by atomic mass is 9.61. The lowest BCUT2D eigenvalue weighted by molar-refractivity contribution is -0.136. The molecule has 0 saturated carbocycles. The van der Waals surface area contributed by atoms with Crippen molar-refractivity contribution >= 4 is 5.97 Å². The fourth-order valence-corrected chi connectivity index (χ4v) is 5.22. The van der Waals surface area contributed by atoms with Crippen LogP contribution in [-0.4, -0.2) is 27.3 Å². The van der Waals surface area contributed by atoms with E-state index in [0.29, 0.717) is 5.92 Å². The lowest BCUT2D eigenvalue weighted by Gasteiger charge is -2.42. The zero-order chi connectivity index (χ0) is 17.8. The number of carbonyl (C=O) groups is 1. The molecule has 0 amide bonds. The Hall–Kier alpha value is -2.07. The van der Waals surface area contributed by atoms with Crippen LogP contribution in [0.25, 0.3) is 0 Å². The lowest BCUT2D eigenvalue weighted by Crippen LogP contribution is -2.40. The van der Waals surface area contributed by atoms with Crippen molar-refractivity contribution in [1.29, 1.82) is 0 Å². The summed E-state index contributed by atoms with van der Waals surface area (Å²) in [6, 6.07) is 6.22. The van der Waals surface area contributed by atoms with Gasteiger partial charge in [0.15, 0.2) is 0 Å². The molecule has 3 aliphatic rings. The molecule has 0 saturated heterocycles. The molecule has 0 heterocycles. The van der Waals surface area contributed by atoms with Crippen molar-refractivity contribution < 1.29 is 19.0 Å². The molecule has 2 bridgehead atoms. The highest BCUT2D eigenvalue weighted by molar-refractivity contribution is 5.90. The molecule has 0 radical (unpaired) electrons. The van der Waals surface area contributed by atoms with Crippen molar-refractivity contribution in [2.75, 3.05) is 21.3 Å². The molecule has 0 aromatic heterocycles. The fourth-order valence-electron chi connectivity index (χ4n) is 5.22. The van der Waals surface area contributed by atoms with Crippen LogP contribution >= 0.6 is 0 Å². The van der Waals surface area contributed by atoms with E-state index in [4.69, 9.17) is 14.2 Å². The molecule has 4 heteroatoms. The maximum Gasteiger partial charge on any atom is 0.334 e. The van der Waals surface area contributed by atoms with E-state index in [1.807, 2.05) is 6.07 Å². The van der Waals surface area contributed by atoms with Gasteiger partial charge in [-0.15, -0.1) is 0 Å². The molecular weight excluding hydrogens is 316 g/mol. The van der Waals surface area contributed by atoms with Gasteiger partial charge in [0.1, 0.15) is 5.75 Å². The van der Waals surface area contributed by atoms with Crippen LogP contribution in [0.3, 0.4) is 0 Å². The van der Waals surface area contributed by atoms with Gasteiger partial charge in [-0.25, -0.2) is 4.79 Å². The van der Waals surface area contributed by atoms with Crippen LogP contribution in [0.1, 0.15) is 30.6 Å². The molecule has 132 valence electrons. The molecule has 1 aromatic rings. The molecular formula is C21H24O4. The standard InChI is InChI=1S/C21H24O4/c1-12-19(24-3)16-10-15(23-2)7-8-18(16)21(12)11-17(20(22)25-4)13-5-6-14(21)9-13/h5-8,10-14,19H,9H2,1-4H3/t12-,13+,14+,19-,21-/m0/s1. The van der Waals surface area contributed by atoms with E-state index in [-0.39, 0.29) is 29.3 Å². The Balaban J connectivity index is 1.95. The Morgan fingerprint density at radius 1 is 1.20 bits per heavy atom. The highest BCUT2D eigenvalue weighted by Gasteiger charge is 2.56.